The molecule has 1 aliphatic heterocycles. The molecular formula is C13H23N2. The van der Waals surface area contributed by atoms with Gasteiger partial charge in [-0.15, -0.1) is 0 Å². The van der Waals surface area contributed by atoms with Crippen LogP contribution in [0.5, 0.6) is 0 Å². The SMILES string of the molecule is CCCCCCCCC(C)C1=NC=C[N]1. The fourth-order valence-corrected chi connectivity index (χ4v) is 1.87. The van der Waals surface area contributed by atoms with Crippen molar-refractivity contribution < 1.29 is 0 Å². The smallest absolute Gasteiger partial charge is 0.131 e. The molecule has 0 spiro atoms. The Morgan fingerprint density at radius 2 is 1.80 bits per heavy atom. The van der Waals surface area contributed by atoms with Crippen LogP contribution in [0.25, 0.3) is 0 Å². The van der Waals surface area contributed by atoms with Crippen molar-refractivity contribution in [1.82, 2.24) is 5.32 Å². The maximum atomic E-state index is 4.23. The van der Waals surface area contributed by atoms with Gasteiger partial charge in [-0.1, -0.05) is 52.4 Å². The molecule has 2 heteroatoms. The van der Waals surface area contributed by atoms with Crippen molar-refractivity contribution in [3.63, 3.8) is 0 Å². The number of unbranched alkanes of at least 4 members (excludes halogenated alkanes) is 5. The van der Waals surface area contributed by atoms with Gasteiger partial charge in [0.15, 0.2) is 0 Å². The molecule has 1 atom stereocenters. The summed E-state index contributed by atoms with van der Waals surface area (Å²) in [7, 11) is 0. The van der Waals surface area contributed by atoms with Gasteiger partial charge < -0.3 is 0 Å². The maximum absolute atomic E-state index is 4.23. The molecule has 0 bridgehead atoms. The van der Waals surface area contributed by atoms with E-state index in [4.69, 9.17) is 0 Å². The largest absolute Gasteiger partial charge is 0.240 e. The number of amidine groups is 1. The van der Waals surface area contributed by atoms with E-state index >= 15 is 0 Å². The average Bonchev–Trinajstić information content (AvgIpc) is 2.76. The van der Waals surface area contributed by atoms with Crippen LogP contribution in [0.15, 0.2) is 17.4 Å². The number of aliphatic imine (C=N–C) groups is 1. The molecule has 0 saturated carbocycles. The van der Waals surface area contributed by atoms with Gasteiger partial charge in [-0.05, 0) is 6.42 Å². The van der Waals surface area contributed by atoms with Crippen molar-refractivity contribution in [2.45, 2.75) is 58.8 Å². The molecule has 15 heavy (non-hydrogen) atoms. The van der Waals surface area contributed by atoms with Gasteiger partial charge >= 0.3 is 0 Å². The monoisotopic (exact) mass is 207 g/mol. The second kappa shape index (κ2) is 7.49. The predicted molar refractivity (Wildman–Crippen MR) is 65.9 cm³/mol. The van der Waals surface area contributed by atoms with Crippen molar-refractivity contribution in [3.8, 4) is 0 Å². The fourth-order valence-electron chi connectivity index (χ4n) is 1.87. The Balaban J connectivity index is 1.95. The molecule has 0 saturated heterocycles. The van der Waals surface area contributed by atoms with Crippen LogP contribution >= 0.6 is 0 Å². The van der Waals surface area contributed by atoms with E-state index < -0.39 is 0 Å². The van der Waals surface area contributed by atoms with Crippen molar-refractivity contribution in [1.29, 1.82) is 0 Å². The van der Waals surface area contributed by atoms with Crippen LogP contribution in [0.3, 0.4) is 0 Å². The van der Waals surface area contributed by atoms with Gasteiger partial charge in [-0.3, -0.25) is 0 Å². The van der Waals surface area contributed by atoms with Gasteiger partial charge in [-0.25, -0.2) is 10.3 Å². The first kappa shape index (κ1) is 12.3. The van der Waals surface area contributed by atoms with E-state index in [1.165, 1.54) is 44.9 Å². The quantitative estimate of drug-likeness (QED) is 0.540. The summed E-state index contributed by atoms with van der Waals surface area (Å²) in [6.45, 7) is 4.48. The van der Waals surface area contributed by atoms with E-state index in [1.54, 1.807) is 12.4 Å². The third-order valence-corrected chi connectivity index (χ3v) is 2.91. The van der Waals surface area contributed by atoms with Crippen molar-refractivity contribution >= 4 is 5.84 Å². The molecule has 0 aliphatic carbocycles. The Morgan fingerprint density at radius 1 is 1.07 bits per heavy atom. The summed E-state index contributed by atoms with van der Waals surface area (Å²) in [6, 6.07) is 0. The molecule has 1 rings (SSSR count). The molecule has 1 unspecified atom stereocenters. The van der Waals surface area contributed by atoms with Crippen LogP contribution in [-0.4, -0.2) is 5.84 Å². The first-order valence-corrected chi connectivity index (χ1v) is 6.28. The molecule has 0 aromatic rings. The van der Waals surface area contributed by atoms with Crippen LogP contribution in [0.4, 0.5) is 0 Å². The summed E-state index contributed by atoms with van der Waals surface area (Å²) in [4.78, 5) is 4.23. The van der Waals surface area contributed by atoms with E-state index in [2.05, 4.69) is 24.2 Å². The van der Waals surface area contributed by atoms with Crippen molar-refractivity contribution in [2.75, 3.05) is 0 Å². The molecule has 0 fully saturated rings. The highest BCUT2D eigenvalue weighted by Gasteiger charge is 2.11. The minimum Gasteiger partial charge on any atom is -0.240 e. The van der Waals surface area contributed by atoms with Crippen LogP contribution in [-0.2, 0) is 0 Å². The maximum Gasteiger partial charge on any atom is 0.131 e. The van der Waals surface area contributed by atoms with Crippen LogP contribution in [0.1, 0.15) is 58.8 Å². The van der Waals surface area contributed by atoms with Crippen LogP contribution < -0.4 is 5.32 Å². The lowest BCUT2D eigenvalue weighted by molar-refractivity contribution is 0.552. The Bertz CT molecular complexity index is 219. The summed E-state index contributed by atoms with van der Waals surface area (Å²) in [5.74, 6) is 1.55. The van der Waals surface area contributed by atoms with Gasteiger partial charge in [0.05, 0.1) is 0 Å². The van der Waals surface area contributed by atoms with Gasteiger partial charge in [-0.2, -0.15) is 0 Å². The lowest BCUT2D eigenvalue weighted by Crippen LogP contribution is -2.16. The molecule has 0 N–H and O–H groups in total. The molecular weight excluding hydrogens is 184 g/mol. The summed E-state index contributed by atoms with van der Waals surface area (Å²) < 4.78 is 0. The molecule has 0 amide bonds. The average molecular weight is 207 g/mol. The predicted octanol–water partition coefficient (Wildman–Crippen LogP) is 3.86. The fraction of sp³-hybridized carbons (Fsp3) is 0.769. The highest BCUT2D eigenvalue weighted by Crippen LogP contribution is 2.14. The molecule has 0 aromatic heterocycles. The second-order valence-electron chi connectivity index (χ2n) is 4.37. The minimum atomic E-state index is 0.533. The Hall–Kier alpha value is -0.790. The van der Waals surface area contributed by atoms with Gasteiger partial charge in [0.25, 0.3) is 0 Å². The zero-order valence-corrected chi connectivity index (χ0v) is 10.1. The number of hydrogen-bond donors (Lipinski definition) is 0. The zero-order valence-electron chi connectivity index (χ0n) is 10.1. The molecule has 1 heterocycles. The number of nitrogens with zero attached hydrogens (tertiary/aromatic N) is 2. The molecule has 1 radical (unpaired) electrons. The second-order valence-corrected chi connectivity index (χ2v) is 4.37. The van der Waals surface area contributed by atoms with E-state index in [9.17, 15) is 0 Å². The van der Waals surface area contributed by atoms with Crippen LogP contribution in [0, 0.1) is 5.92 Å². The minimum absolute atomic E-state index is 0.533. The highest BCUT2D eigenvalue weighted by atomic mass is 15.0. The summed E-state index contributed by atoms with van der Waals surface area (Å²) in [5, 5.41) is 4.23. The molecule has 0 aromatic carbocycles. The molecule has 85 valence electrons. The van der Waals surface area contributed by atoms with Gasteiger partial charge in [0.1, 0.15) is 5.84 Å². The lowest BCUT2D eigenvalue weighted by Gasteiger charge is -2.09. The Kier molecular flexibility index (Phi) is 6.14. The van der Waals surface area contributed by atoms with E-state index in [0.717, 1.165) is 5.84 Å². The van der Waals surface area contributed by atoms with Gasteiger partial charge in [0.2, 0.25) is 0 Å². The van der Waals surface area contributed by atoms with Gasteiger partial charge in [0, 0.05) is 18.3 Å². The van der Waals surface area contributed by atoms with E-state index in [0.29, 0.717) is 5.92 Å². The van der Waals surface area contributed by atoms with Crippen LogP contribution in [0.2, 0.25) is 0 Å². The van der Waals surface area contributed by atoms with Crippen molar-refractivity contribution in [3.05, 3.63) is 12.4 Å². The first-order chi connectivity index (χ1) is 7.34. The Labute approximate surface area is 93.9 Å². The highest BCUT2D eigenvalue weighted by molar-refractivity contribution is 5.86. The lowest BCUT2D eigenvalue weighted by atomic mass is 10.0. The standard InChI is InChI=1S/C13H23N2/c1-3-4-5-6-7-8-9-12(2)13-14-10-11-15-13/h10-12H,3-9H2,1-2H3. The first-order valence-electron chi connectivity index (χ1n) is 6.28. The summed E-state index contributed by atoms with van der Waals surface area (Å²) in [5.41, 5.74) is 0. The Morgan fingerprint density at radius 3 is 2.47 bits per heavy atom. The third-order valence-electron chi connectivity index (χ3n) is 2.91. The topological polar surface area (TPSA) is 26.5 Å². The summed E-state index contributed by atoms with van der Waals surface area (Å²) >= 11 is 0. The molecule has 1 aliphatic rings. The van der Waals surface area contributed by atoms with E-state index in [1.807, 2.05) is 0 Å². The third kappa shape index (κ3) is 5.01. The zero-order chi connectivity index (χ0) is 10.9. The van der Waals surface area contributed by atoms with Crippen molar-refractivity contribution in [2.24, 2.45) is 10.9 Å². The number of hydrogen-bond acceptors (Lipinski definition) is 1. The van der Waals surface area contributed by atoms with E-state index in [-0.39, 0.29) is 0 Å². The number of rotatable bonds is 8. The summed E-state index contributed by atoms with van der Waals surface area (Å²) in [6.07, 6.45) is 13.0. The molecule has 2 nitrogen and oxygen atoms in total. The normalized spacial score (nSPS) is 16.3.